The van der Waals surface area contributed by atoms with E-state index in [1.165, 1.54) is 0 Å². The summed E-state index contributed by atoms with van der Waals surface area (Å²) in [6.45, 7) is 0. The predicted octanol–water partition coefficient (Wildman–Crippen LogP) is 3.28. The van der Waals surface area contributed by atoms with Crippen LogP contribution in [0.1, 0.15) is 9.67 Å². The lowest BCUT2D eigenvalue weighted by Gasteiger charge is -2.04. The second kappa shape index (κ2) is 4.85. The van der Waals surface area contributed by atoms with Crippen LogP contribution >= 0.6 is 27.3 Å². The largest absolute Gasteiger partial charge is 0.496 e. The van der Waals surface area contributed by atoms with Gasteiger partial charge in [0, 0.05) is 0 Å². The lowest BCUT2D eigenvalue weighted by atomic mass is 10.2. The average molecular weight is 314 g/mol. The first kappa shape index (κ1) is 12.1. The summed E-state index contributed by atoms with van der Waals surface area (Å²) in [6.07, 6.45) is 0. The molecule has 4 nitrogen and oxygen atoms in total. The van der Waals surface area contributed by atoms with Gasteiger partial charge < -0.3 is 9.84 Å². The van der Waals surface area contributed by atoms with Crippen LogP contribution in [0.5, 0.6) is 5.75 Å². The van der Waals surface area contributed by atoms with Crippen LogP contribution < -0.4 is 4.74 Å². The number of carboxylic acids is 1. The Kier molecular flexibility index (Phi) is 3.44. The number of halogens is 1. The third-order valence-corrected chi connectivity index (χ3v) is 4.03. The molecule has 0 amide bonds. The molecular formula is C11H8BrNO3S. The summed E-state index contributed by atoms with van der Waals surface area (Å²) in [5, 5.41) is 9.58. The van der Waals surface area contributed by atoms with Gasteiger partial charge in [-0.25, -0.2) is 9.78 Å². The minimum absolute atomic E-state index is 0.186. The van der Waals surface area contributed by atoms with Crippen molar-refractivity contribution >= 4 is 33.2 Å². The lowest BCUT2D eigenvalue weighted by molar-refractivity contribution is 0.0701. The van der Waals surface area contributed by atoms with Crippen molar-refractivity contribution < 1.29 is 14.6 Å². The van der Waals surface area contributed by atoms with Gasteiger partial charge in [-0.3, -0.25) is 0 Å². The van der Waals surface area contributed by atoms with Gasteiger partial charge in [0.25, 0.3) is 0 Å². The zero-order valence-electron chi connectivity index (χ0n) is 8.81. The summed E-state index contributed by atoms with van der Waals surface area (Å²) in [4.78, 5) is 15.3. The summed E-state index contributed by atoms with van der Waals surface area (Å²) in [5.41, 5.74) is 0.785. The molecule has 0 atom stereocenters. The topological polar surface area (TPSA) is 59.4 Å². The van der Waals surface area contributed by atoms with Crippen molar-refractivity contribution in [1.29, 1.82) is 0 Å². The van der Waals surface area contributed by atoms with E-state index in [-0.39, 0.29) is 4.88 Å². The molecule has 1 aromatic carbocycles. The van der Waals surface area contributed by atoms with Crippen LogP contribution in [0.4, 0.5) is 0 Å². The van der Waals surface area contributed by atoms with E-state index in [2.05, 4.69) is 20.9 Å². The number of methoxy groups -OCH3 is 1. The average Bonchev–Trinajstić information content (AvgIpc) is 2.71. The Morgan fingerprint density at radius 2 is 2.18 bits per heavy atom. The number of nitrogens with zero attached hydrogens (tertiary/aromatic N) is 1. The second-order valence-corrected chi connectivity index (χ2v) is 4.89. The third kappa shape index (κ3) is 2.32. The molecule has 0 aliphatic heterocycles. The van der Waals surface area contributed by atoms with E-state index in [0.717, 1.165) is 16.9 Å². The molecule has 0 radical (unpaired) electrons. The highest BCUT2D eigenvalue weighted by atomic mass is 79.9. The molecule has 0 spiro atoms. The number of thiazole rings is 1. The maximum atomic E-state index is 10.9. The number of ether oxygens (including phenoxy) is 1. The molecule has 1 heterocycles. The quantitative estimate of drug-likeness (QED) is 0.944. The first-order chi connectivity index (χ1) is 8.13. The van der Waals surface area contributed by atoms with Crippen LogP contribution in [-0.2, 0) is 0 Å². The number of para-hydroxylation sites is 1. The van der Waals surface area contributed by atoms with Gasteiger partial charge in [0.1, 0.15) is 20.2 Å². The van der Waals surface area contributed by atoms with Crippen LogP contribution in [0.15, 0.2) is 28.9 Å². The summed E-state index contributed by atoms with van der Waals surface area (Å²) >= 11 is 4.25. The van der Waals surface area contributed by atoms with E-state index >= 15 is 0 Å². The van der Waals surface area contributed by atoms with Gasteiger partial charge in [0.15, 0.2) is 0 Å². The Morgan fingerprint density at radius 3 is 2.76 bits per heavy atom. The van der Waals surface area contributed by atoms with Gasteiger partial charge in [-0.15, -0.1) is 11.3 Å². The van der Waals surface area contributed by atoms with Crippen LogP contribution in [0.25, 0.3) is 10.6 Å². The van der Waals surface area contributed by atoms with Crippen molar-refractivity contribution in [3.63, 3.8) is 0 Å². The predicted molar refractivity (Wildman–Crippen MR) is 68.8 cm³/mol. The first-order valence-corrected chi connectivity index (χ1v) is 6.27. The highest BCUT2D eigenvalue weighted by molar-refractivity contribution is 9.10. The summed E-state index contributed by atoms with van der Waals surface area (Å²) in [6, 6.07) is 7.36. The molecule has 1 aromatic heterocycles. The van der Waals surface area contributed by atoms with E-state index < -0.39 is 5.97 Å². The van der Waals surface area contributed by atoms with Crippen molar-refractivity contribution in [1.82, 2.24) is 4.98 Å². The van der Waals surface area contributed by atoms with Crippen molar-refractivity contribution in [3.8, 4) is 16.3 Å². The fourth-order valence-electron chi connectivity index (χ4n) is 1.37. The molecule has 0 bridgehead atoms. The van der Waals surface area contributed by atoms with Crippen LogP contribution in [0.2, 0.25) is 0 Å². The number of aromatic nitrogens is 1. The summed E-state index contributed by atoms with van der Waals surface area (Å²) in [7, 11) is 1.57. The number of rotatable bonds is 3. The van der Waals surface area contributed by atoms with Gasteiger partial charge in [0.05, 0.1) is 12.7 Å². The zero-order chi connectivity index (χ0) is 12.4. The molecule has 0 aliphatic carbocycles. The number of carboxylic acid groups (broad SMARTS) is 1. The van der Waals surface area contributed by atoms with Gasteiger partial charge >= 0.3 is 5.97 Å². The smallest absolute Gasteiger partial charge is 0.348 e. The molecule has 6 heteroatoms. The molecular weight excluding hydrogens is 306 g/mol. The van der Waals surface area contributed by atoms with E-state index in [1.807, 2.05) is 24.3 Å². The number of carbonyl (C=O) groups is 1. The first-order valence-electron chi connectivity index (χ1n) is 4.66. The highest BCUT2D eigenvalue weighted by Crippen LogP contribution is 2.35. The SMILES string of the molecule is COc1ccccc1-c1nc(Br)c(C(=O)O)s1. The Morgan fingerprint density at radius 1 is 1.47 bits per heavy atom. The summed E-state index contributed by atoms with van der Waals surface area (Å²) < 4.78 is 5.56. The molecule has 0 saturated heterocycles. The van der Waals surface area contributed by atoms with Crippen LogP contribution in [0, 0.1) is 0 Å². The molecule has 2 aromatic rings. The van der Waals surface area contributed by atoms with Gasteiger partial charge in [-0.05, 0) is 28.1 Å². The van der Waals surface area contributed by atoms with Gasteiger partial charge in [0.2, 0.25) is 0 Å². The fraction of sp³-hybridized carbons (Fsp3) is 0.0909. The van der Waals surface area contributed by atoms with Gasteiger partial charge in [-0.1, -0.05) is 12.1 Å². The summed E-state index contributed by atoms with van der Waals surface area (Å²) in [5.74, 6) is -0.318. The number of benzene rings is 1. The minimum Gasteiger partial charge on any atom is -0.496 e. The molecule has 0 saturated carbocycles. The van der Waals surface area contributed by atoms with Crippen molar-refractivity contribution in [2.45, 2.75) is 0 Å². The number of aromatic carboxylic acids is 1. The zero-order valence-corrected chi connectivity index (χ0v) is 11.2. The highest BCUT2D eigenvalue weighted by Gasteiger charge is 2.17. The maximum Gasteiger partial charge on any atom is 0.348 e. The third-order valence-electron chi connectivity index (χ3n) is 2.12. The van der Waals surface area contributed by atoms with Crippen LogP contribution in [-0.4, -0.2) is 23.2 Å². The minimum atomic E-state index is -0.990. The van der Waals surface area contributed by atoms with Gasteiger partial charge in [-0.2, -0.15) is 0 Å². The maximum absolute atomic E-state index is 10.9. The van der Waals surface area contributed by atoms with E-state index in [9.17, 15) is 4.79 Å². The Balaban J connectivity index is 2.53. The van der Waals surface area contributed by atoms with Crippen molar-refractivity contribution in [3.05, 3.63) is 33.7 Å². The Labute approximate surface area is 110 Å². The molecule has 0 fully saturated rings. The molecule has 1 N–H and O–H groups in total. The molecule has 0 aliphatic rings. The number of hydrogen-bond acceptors (Lipinski definition) is 4. The lowest BCUT2D eigenvalue weighted by Crippen LogP contribution is -1.91. The molecule has 88 valence electrons. The standard InChI is InChI=1S/C11H8BrNO3S/c1-16-7-5-3-2-4-6(7)10-13-9(12)8(17-10)11(14)15/h2-5H,1H3,(H,14,15). The monoisotopic (exact) mass is 313 g/mol. The normalized spacial score (nSPS) is 10.2. The van der Waals surface area contributed by atoms with E-state index in [4.69, 9.17) is 9.84 Å². The molecule has 17 heavy (non-hydrogen) atoms. The van der Waals surface area contributed by atoms with Crippen molar-refractivity contribution in [2.24, 2.45) is 0 Å². The van der Waals surface area contributed by atoms with Crippen molar-refractivity contribution in [2.75, 3.05) is 7.11 Å². The molecule has 2 rings (SSSR count). The Bertz CT molecular complexity index is 568. The van der Waals surface area contributed by atoms with E-state index in [1.54, 1.807) is 7.11 Å². The van der Waals surface area contributed by atoms with Crippen LogP contribution in [0.3, 0.4) is 0 Å². The number of hydrogen-bond donors (Lipinski definition) is 1. The molecule has 0 unspecified atom stereocenters. The second-order valence-electron chi connectivity index (χ2n) is 3.14. The Hall–Kier alpha value is -1.40. The fourth-order valence-corrected chi connectivity index (χ4v) is 2.90. The van der Waals surface area contributed by atoms with E-state index in [0.29, 0.717) is 15.4 Å².